The molecule has 0 amide bonds. The minimum atomic E-state index is 0.205. The maximum Gasteiger partial charge on any atom is 0.0499 e. The second-order valence-electron chi connectivity index (χ2n) is 6.49. The van der Waals surface area contributed by atoms with Gasteiger partial charge in [-0.2, -0.15) is 0 Å². The van der Waals surface area contributed by atoms with Crippen molar-refractivity contribution < 1.29 is 5.11 Å². The summed E-state index contributed by atoms with van der Waals surface area (Å²) >= 11 is 0. The molecule has 0 aromatic heterocycles. The Morgan fingerprint density at radius 2 is 1.85 bits per heavy atom. The third-order valence-electron chi connectivity index (χ3n) is 5.13. The predicted octanol–water partition coefficient (Wildman–Crippen LogP) is 2.41. The van der Waals surface area contributed by atoms with E-state index in [4.69, 9.17) is 0 Å². The maximum absolute atomic E-state index is 9.51. The highest BCUT2D eigenvalue weighted by atomic mass is 16.3. The Morgan fingerprint density at radius 1 is 1.15 bits per heavy atom. The lowest BCUT2D eigenvalue weighted by Crippen LogP contribution is -2.49. The van der Waals surface area contributed by atoms with Crippen LogP contribution in [0.3, 0.4) is 0 Å². The fraction of sp³-hybridized carbons (Fsp3) is 0.647. The van der Waals surface area contributed by atoms with Gasteiger partial charge in [-0.1, -0.05) is 24.6 Å². The van der Waals surface area contributed by atoms with Crippen molar-refractivity contribution in [3.8, 4) is 0 Å². The average molecular weight is 274 g/mol. The SMILES string of the molecule is OCC1(CNC2CCN(c3ccccc3)CC2)CCC1. The fourth-order valence-corrected chi connectivity index (χ4v) is 3.41. The number of nitrogens with one attached hydrogen (secondary N) is 1. The Morgan fingerprint density at radius 3 is 2.40 bits per heavy atom. The summed E-state index contributed by atoms with van der Waals surface area (Å²) in [5.74, 6) is 0. The first-order valence-corrected chi connectivity index (χ1v) is 7.96. The molecule has 3 heteroatoms. The molecular weight excluding hydrogens is 248 g/mol. The number of benzene rings is 1. The number of aliphatic hydroxyl groups is 1. The molecule has 0 spiro atoms. The van der Waals surface area contributed by atoms with E-state index in [1.807, 2.05) is 0 Å². The maximum atomic E-state index is 9.51. The number of hydrogen-bond acceptors (Lipinski definition) is 3. The lowest BCUT2D eigenvalue weighted by molar-refractivity contribution is 0.0412. The molecule has 0 bridgehead atoms. The third-order valence-corrected chi connectivity index (χ3v) is 5.13. The molecule has 1 aliphatic carbocycles. The summed E-state index contributed by atoms with van der Waals surface area (Å²) in [6.07, 6.45) is 6.08. The molecule has 3 rings (SSSR count). The summed E-state index contributed by atoms with van der Waals surface area (Å²) in [6.45, 7) is 3.62. The predicted molar refractivity (Wildman–Crippen MR) is 83.0 cm³/mol. The van der Waals surface area contributed by atoms with Gasteiger partial charge < -0.3 is 15.3 Å². The van der Waals surface area contributed by atoms with Crippen LogP contribution in [0.2, 0.25) is 0 Å². The number of para-hydroxylation sites is 1. The van der Waals surface area contributed by atoms with Crippen LogP contribution in [0, 0.1) is 5.41 Å². The van der Waals surface area contributed by atoms with Crippen LogP contribution in [0.5, 0.6) is 0 Å². The highest BCUT2D eigenvalue weighted by Gasteiger charge is 2.36. The molecule has 1 aliphatic heterocycles. The van der Waals surface area contributed by atoms with Gasteiger partial charge in [0, 0.05) is 43.4 Å². The van der Waals surface area contributed by atoms with Gasteiger partial charge in [0.2, 0.25) is 0 Å². The Balaban J connectivity index is 1.44. The Hall–Kier alpha value is -1.06. The smallest absolute Gasteiger partial charge is 0.0499 e. The second-order valence-corrected chi connectivity index (χ2v) is 6.49. The van der Waals surface area contributed by atoms with Gasteiger partial charge in [-0.15, -0.1) is 0 Å². The summed E-state index contributed by atoms with van der Waals surface area (Å²) in [4.78, 5) is 2.48. The molecule has 1 saturated carbocycles. The van der Waals surface area contributed by atoms with Crippen LogP contribution in [-0.2, 0) is 0 Å². The van der Waals surface area contributed by atoms with Gasteiger partial charge in [-0.3, -0.25) is 0 Å². The Bertz CT molecular complexity index is 403. The van der Waals surface area contributed by atoms with E-state index in [2.05, 4.69) is 40.5 Å². The van der Waals surface area contributed by atoms with Crippen LogP contribution in [0.4, 0.5) is 5.69 Å². The van der Waals surface area contributed by atoms with E-state index in [0.717, 1.165) is 19.6 Å². The van der Waals surface area contributed by atoms with Crippen LogP contribution in [0.1, 0.15) is 32.1 Å². The third kappa shape index (κ3) is 2.99. The minimum Gasteiger partial charge on any atom is -0.396 e. The number of aliphatic hydroxyl groups excluding tert-OH is 1. The molecule has 110 valence electrons. The minimum absolute atomic E-state index is 0.205. The summed E-state index contributed by atoms with van der Waals surface area (Å²) in [5, 5.41) is 13.2. The highest BCUT2D eigenvalue weighted by molar-refractivity contribution is 5.46. The number of rotatable bonds is 5. The van der Waals surface area contributed by atoms with Crippen molar-refractivity contribution in [1.82, 2.24) is 5.32 Å². The molecule has 1 aromatic carbocycles. The normalized spacial score (nSPS) is 22.6. The van der Waals surface area contributed by atoms with E-state index in [9.17, 15) is 5.11 Å². The van der Waals surface area contributed by atoms with Crippen molar-refractivity contribution in [2.45, 2.75) is 38.1 Å². The van der Waals surface area contributed by atoms with Crippen molar-refractivity contribution in [2.75, 3.05) is 31.1 Å². The molecule has 0 radical (unpaired) electrons. The Kier molecular flexibility index (Phi) is 4.27. The van der Waals surface area contributed by atoms with Crippen LogP contribution in [0.15, 0.2) is 30.3 Å². The lowest BCUT2D eigenvalue weighted by Gasteiger charge is -2.42. The summed E-state index contributed by atoms with van der Waals surface area (Å²) in [7, 11) is 0. The Labute approximate surface area is 122 Å². The molecule has 3 nitrogen and oxygen atoms in total. The molecule has 1 saturated heterocycles. The van der Waals surface area contributed by atoms with Gasteiger partial charge in [0.25, 0.3) is 0 Å². The molecule has 1 heterocycles. The second kappa shape index (κ2) is 6.15. The molecule has 1 aromatic rings. The topological polar surface area (TPSA) is 35.5 Å². The highest BCUT2D eigenvalue weighted by Crippen LogP contribution is 2.39. The van der Waals surface area contributed by atoms with Crippen molar-refractivity contribution in [2.24, 2.45) is 5.41 Å². The first-order valence-electron chi connectivity index (χ1n) is 7.96. The molecule has 2 N–H and O–H groups in total. The zero-order valence-corrected chi connectivity index (χ0v) is 12.2. The summed E-state index contributed by atoms with van der Waals surface area (Å²) < 4.78 is 0. The quantitative estimate of drug-likeness (QED) is 0.865. The lowest BCUT2D eigenvalue weighted by atomic mass is 9.69. The molecule has 0 atom stereocenters. The zero-order valence-electron chi connectivity index (χ0n) is 12.2. The van der Waals surface area contributed by atoms with E-state index in [-0.39, 0.29) is 5.41 Å². The molecule has 2 aliphatic rings. The van der Waals surface area contributed by atoms with Gasteiger partial charge in [0.1, 0.15) is 0 Å². The van der Waals surface area contributed by atoms with Crippen LogP contribution in [0.25, 0.3) is 0 Å². The number of piperidine rings is 1. The van der Waals surface area contributed by atoms with Crippen molar-refractivity contribution in [1.29, 1.82) is 0 Å². The van der Waals surface area contributed by atoms with Crippen molar-refractivity contribution >= 4 is 5.69 Å². The average Bonchev–Trinajstić information content (AvgIpc) is 2.48. The van der Waals surface area contributed by atoms with E-state index in [1.54, 1.807) is 0 Å². The van der Waals surface area contributed by atoms with Gasteiger partial charge in [0.15, 0.2) is 0 Å². The van der Waals surface area contributed by atoms with E-state index in [0.29, 0.717) is 12.6 Å². The van der Waals surface area contributed by atoms with Crippen molar-refractivity contribution in [3.63, 3.8) is 0 Å². The number of hydrogen-bond donors (Lipinski definition) is 2. The van der Waals surface area contributed by atoms with Gasteiger partial charge in [0.05, 0.1) is 0 Å². The van der Waals surface area contributed by atoms with Crippen LogP contribution < -0.4 is 10.2 Å². The monoisotopic (exact) mass is 274 g/mol. The largest absolute Gasteiger partial charge is 0.396 e. The fourth-order valence-electron chi connectivity index (χ4n) is 3.41. The molecule has 2 fully saturated rings. The van der Waals surface area contributed by atoms with Crippen LogP contribution in [-0.4, -0.2) is 37.4 Å². The van der Waals surface area contributed by atoms with Gasteiger partial charge in [-0.25, -0.2) is 0 Å². The number of nitrogens with zero attached hydrogens (tertiary/aromatic N) is 1. The zero-order chi connectivity index (χ0) is 13.8. The van der Waals surface area contributed by atoms with Crippen LogP contribution >= 0.6 is 0 Å². The number of anilines is 1. The first kappa shape index (κ1) is 13.9. The summed E-state index contributed by atoms with van der Waals surface area (Å²) in [5.41, 5.74) is 1.55. The molecule has 0 unspecified atom stereocenters. The van der Waals surface area contributed by atoms with Gasteiger partial charge in [-0.05, 0) is 37.8 Å². The van der Waals surface area contributed by atoms with E-state index < -0.39 is 0 Å². The summed E-state index contributed by atoms with van der Waals surface area (Å²) in [6, 6.07) is 11.3. The standard InChI is InChI=1S/C17H26N2O/c20-14-17(9-4-10-17)13-18-15-7-11-19(12-8-15)16-5-2-1-3-6-16/h1-3,5-6,15,18,20H,4,7-14H2. The van der Waals surface area contributed by atoms with Gasteiger partial charge >= 0.3 is 0 Å². The van der Waals surface area contributed by atoms with Crippen molar-refractivity contribution in [3.05, 3.63) is 30.3 Å². The van der Waals surface area contributed by atoms with E-state index in [1.165, 1.54) is 37.8 Å². The van der Waals surface area contributed by atoms with E-state index >= 15 is 0 Å². The molecule has 20 heavy (non-hydrogen) atoms. The molecular formula is C17H26N2O. The first-order chi connectivity index (χ1) is 9.81.